The summed E-state index contributed by atoms with van der Waals surface area (Å²) in [6.07, 6.45) is 4.10. The predicted molar refractivity (Wildman–Crippen MR) is 133 cm³/mol. The Morgan fingerprint density at radius 2 is 1.73 bits per heavy atom. The topological polar surface area (TPSA) is 61.6 Å². The number of benzene rings is 2. The maximum atomic E-state index is 13.3. The summed E-state index contributed by atoms with van der Waals surface area (Å²) in [6, 6.07) is 15.8. The summed E-state index contributed by atoms with van der Waals surface area (Å²) in [5, 5.41) is 14.5. The number of aromatic nitrogens is 2. The van der Waals surface area contributed by atoms with Crippen LogP contribution in [0.4, 0.5) is 0 Å². The van der Waals surface area contributed by atoms with Gasteiger partial charge < -0.3 is 10.0 Å². The molecule has 0 radical (unpaired) electrons. The van der Waals surface area contributed by atoms with E-state index >= 15 is 0 Å². The lowest BCUT2D eigenvalue weighted by Gasteiger charge is -2.34. The largest absolute Gasteiger partial charge is 0.395 e. The van der Waals surface area contributed by atoms with E-state index in [0.717, 1.165) is 46.3 Å². The van der Waals surface area contributed by atoms with Gasteiger partial charge in [-0.25, -0.2) is 4.68 Å². The number of amides is 1. The highest BCUT2D eigenvalue weighted by molar-refractivity contribution is 6.30. The van der Waals surface area contributed by atoms with Crippen LogP contribution >= 0.6 is 11.6 Å². The second-order valence-electron chi connectivity index (χ2n) is 8.29. The van der Waals surface area contributed by atoms with Crippen LogP contribution in [0.3, 0.4) is 0 Å². The van der Waals surface area contributed by atoms with Crippen molar-refractivity contribution in [2.45, 2.75) is 13.8 Å². The smallest absolute Gasteiger partial charge is 0.257 e. The van der Waals surface area contributed by atoms with Crippen molar-refractivity contribution in [1.82, 2.24) is 19.6 Å². The van der Waals surface area contributed by atoms with Gasteiger partial charge in [0.15, 0.2) is 0 Å². The summed E-state index contributed by atoms with van der Waals surface area (Å²) >= 11 is 5.97. The zero-order valence-corrected chi connectivity index (χ0v) is 19.8. The summed E-state index contributed by atoms with van der Waals surface area (Å²) in [6.45, 7) is 7.52. The van der Waals surface area contributed by atoms with Crippen LogP contribution in [0.1, 0.15) is 32.9 Å². The number of carbonyl (C=O) groups is 1. The van der Waals surface area contributed by atoms with Crippen LogP contribution in [0.15, 0.2) is 48.5 Å². The molecule has 0 spiro atoms. The fourth-order valence-corrected chi connectivity index (χ4v) is 4.33. The molecule has 0 aliphatic carbocycles. The Bertz CT molecular complexity index is 1150. The maximum Gasteiger partial charge on any atom is 0.257 e. The molecule has 2 heterocycles. The molecule has 1 fully saturated rings. The molecule has 0 unspecified atom stereocenters. The van der Waals surface area contributed by atoms with Crippen molar-refractivity contribution in [1.29, 1.82) is 0 Å². The number of piperazine rings is 1. The first kappa shape index (κ1) is 23.2. The fraction of sp³-hybridized carbons (Fsp3) is 0.308. The van der Waals surface area contributed by atoms with Crippen LogP contribution in [0.5, 0.6) is 0 Å². The van der Waals surface area contributed by atoms with Gasteiger partial charge in [0, 0.05) is 37.7 Å². The first-order valence-electron chi connectivity index (χ1n) is 11.2. The molecule has 3 aromatic rings. The number of aliphatic hydroxyl groups is 1. The van der Waals surface area contributed by atoms with Crippen molar-refractivity contribution in [3.63, 3.8) is 0 Å². The molecule has 0 saturated carbocycles. The number of aryl methyl sites for hydroxylation is 1. The van der Waals surface area contributed by atoms with Crippen molar-refractivity contribution in [2.24, 2.45) is 0 Å². The molecule has 7 heteroatoms. The highest BCUT2D eigenvalue weighted by Gasteiger charge is 2.27. The first-order chi connectivity index (χ1) is 16.0. The van der Waals surface area contributed by atoms with Crippen LogP contribution in [-0.4, -0.2) is 69.9 Å². The number of hydrogen-bond donors (Lipinski definition) is 1. The molecule has 1 amide bonds. The highest BCUT2D eigenvalue weighted by Crippen LogP contribution is 2.22. The van der Waals surface area contributed by atoms with E-state index in [2.05, 4.69) is 17.0 Å². The quantitative estimate of drug-likeness (QED) is 0.559. The Kier molecular flexibility index (Phi) is 7.28. The molecule has 1 N–H and O–H groups in total. The van der Waals surface area contributed by atoms with E-state index in [-0.39, 0.29) is 12.5 Å². The molecular formula is C26H29ClN4O2. The summed E-state index contributed by atoms with van der Waals surface area (Å²) in [7, 11) is 0. The van der Waals surface area contributed by atoms with Crippen LogP contribution in [0, 0.1) is 13.8 Å². The molecule has 1 saturated heterocycles. The standard InChI is InChI=1S/C26H29ClN4O2/c1-19-25(26(33)30-14-12-29(13-15-30)16-17-32)20(2)31(28-19)24-5-3-4-22(18-24)7-6-21-8-10-23(27)11-9-21/h3-11,18,32H,12-17H2,1-2H3. The van der Waals surface area contributed by atoms with E-state index in [1.807, 2.05) is 72.0 Å². The Balaban J connectivity index is 1.54. The minimum atomic E-state index is 0.0266. The van der Waals surface area contributed by atoms with Gasteiger partial charge in [0.2, 0.25) is 0 Å². The Labute approximate surface area is 199 Å². The van der Waals surface area contributed by atoms with Gasteiger partial charge in [-0.1, -0.05) is 48.0 Å². The Hall–Kier alpha value is -2.93. The van der Waals surface area contributed by atoms with Crippen molar-refractivity contribution in [2.75, 3.05) is 39.3 Å². The number of carbonyl (C=O) groups excluding carboxylic acids is 1. The summed E-state index contributed by atoms with van der Waals surface area (Å²) < 4.78 is 1.85. The average molecular weight is 465 g/mol. The third kappa shape index (κ3) is 5.36. The summed E-state index contributed by atoms with van der Waals surface area (Å²) in [4.78, 5) is 17.4. The number of hydrogen-bond acceptors (Lipinski definition) is 4. The number of halogens is 1. The third-order valence-electron chi connectivity index (χ3n) is 6.03. The van der Waals surface area contributed by atoms with Crippen molar-refractivity contribution >= 4 is 29.7 Å². The molecule has 1 aromatic heterocycles. The van der Waals surface area contributed by atoms with Gasteiger partial charge in [0.25, 0.3) is 5.91 Å². The monoisotopic (exact) mass is 464 g/mol. The second-order valence-corrected chi connectivity index (χ2v) is 8.73. The number of nitrogens with zero attached hydrogens (tertiary/aromatic N) is 4. The van der Waals surface area contributed by atoms with E-state index in [0.29, 0.717) is 25.2 Å². The van der Waals surface area contributed by atoms with Crippen LogP contribution in [0.2, 0.25) is 5.02 Å². The molecule has 2 aromatic carbocycles. The normalized spacial score (nSPS) is 14.8. The summed E-state index contributed by atoms with van der Waals surface area (Å²) in [5.41, 5.74) is 5.28. The van der Waals surface area contributed by atoms with E-state index in [1.54, 1.807) is 0 Å². The van der Waals surface area contributed by atoms with E-state index in [9.17, 15) is 4.79 Å². The van der Waals surface area contributed by atoms with Crippen molar-refractivity contribution in [3.8, 4) is 5.69 Å². The summed E-state index contributed by atoms with van der Waals surface area (Å²) in [5.74, 6) is 0.0266. The maximum absolute atomic E-state index is 13.3. The highest BCUT2D eigenvalue weighted by atomic mass is 35.5. The number of aliphatic hydroxyl groups excluding tert-OH is 1. The Morgan fingerprint density at radius 3 is 2.42 bits per heavy atom. The number of rotatable bonds is 6. The molecule has 4 rings (SSSR count). The molecule has 33 heavy (non-hydrogen) atoms. The molecule has 1 aliphatic rings. The zero-order valence-electron chi connectivity index (χ0n) is 19.0. The average Bonchev–Trinajstić information content (AvgIpc) is 3.13. The third-order valence-corrected chi connectivity index (χ3v) is 6.29. The molecule has 0 atom stereocenters. The van der Waals surface area contributed by atoms with Gasteiger partial charge in [0.1, 0.15) is 0 Å². The van der Waals surface area contributed by atoms with Crippen molar-refractivity contribution < 1.29 is 9.90 Å². The predicted octanol–water partition coefficient (Wildman–Crippen LogP) is 4.06. The van der Waals surface area contributed by atoms with Crippen LogP contribution in [-0.2, 0) is 0 Å². The number of β-amino-alcohol motifs (C(OH)–C–C–N with tert-alkyl or cyclic N) is 1. The molecule has 1 aliphatic heterocycles. The second kappa shape index (κ2) is 10.3. The van der Waals surface area contributed by atoms with E-state index in [4.69, 9.17) is 21.8 Å². The first-order valence-corrected chi connectivity index (χ1v) is 11.6. The fourth-order valence-electron chi connectivity index (χ4n) is 4.20. The lowest BCUT2D eigenvalue weighted by atomic mass is 10.1. The van der Waals surface area contributed by atoms with Crippen molar-refractivity contribution in [3.05, 3.63) is 81.6 Å². The van der Waals surface area contributed by atoms with Gasteiger partial charge in [-0.15, -0.1) is 0 Å². The molecular weight excluding hydrogens is 436 g/mol. The molecule has 172 valence electrons. The lowest BCUT2D eigenvalue weighted by Crippen LogP contribution is -2.49. The van der Waals surface area contributed by atoms with E-state index < -0.39 is 0 Å². The zero-order chi connectivity index (χ0) is 23.4. The van der Waals surface area contributed by atoms with Crippen LogP contribution < -0.4 is 0 Å². The van der Waals surface area contributed by atoms with Crippen LogP contribution in [0.25, 0.3) is 17.8 Å². The SMILES string of the molecule is Cc1nn(-c2cccc(C=Cc3ccc(Cl)cc3)c2)c(C)c1C(=O)N1CCN(CCO)CC1. The minimum Gasteiger partial charge on any atom is -0.395 e. The molecule has 0 bridgehead atoms. The molecule has 6 nitrogen and oxygen atoms in total. The van der Waals surface area contributed by atoms with Gasteiger partial charge >= 0.3 is 0 Å². The minimum absolute atomic E-state index is 0.0266. The van der Waals surface area contributed by atoms with Gasteiger partial charge in [-0.2, -0.15) is 5.10 Å². The Morgan fingerprint density at radius 1 is 1.03 bits per heavy atom. The van der Waals surface area contributed by atoms with E-state index in [1.165, 1.54) is 0 Å². The lowest BCUT2D eigenvalue weighted by molar-refractivity contribution is 0.0613. The van der Waals surface area contributed by atoms with Gasteiger partial charge in [-0.3, -0.25) is 9.69 Å². The van der Waals surface area contributed by atoms with Gasteiger partial charge in [0.05, 0.1) is 29.2 Å². The van der Waals surface area contributed by atoms with Gasteiger partial charge in [-0.05, 0) is 49.2 Å².